The van der Waals surface area contributed by atoms with Gasteiger partial charge in [-0.2, -0.15) is 0 Å². The maximum atomic E-state index is 11.4. The van der Waals surface area contributed by atoms with Crippen molar-refractivity contribution in [2.75, 3.05) is 5.73 Å². The second-order valence-electron chi connectivity index (χ2n) is 7.60. The lowest BCUT2D eigenvalue weighted by Crippen LogP contribution is -2.00. The number of hydrogen-bond donors (Lipinski definition) is 2. The Kier molecular flexibility index (Phi) is 5.25. The number of nitrogens with zero attached hydrogens (tertiary/aromatic N) is 1. The number of carboxylic acid groups (broad SMARTS) is 1. The van der Waals surface area contributed by atoms with Gasteiger partial charge in [0.15, 0.2) is 0 Å². The number of aliphatic carboxylic acids is 1. The zero-order valence-corrected chi connectivity index (χ0v) is 18.5. The van der Waals surface area contributed by atoms with E-state index in [0.29, 0.717) is 28.8 Å². The number of halogens is 1. The monoisotopic (exact) mass is 462 g/mol. The number of aromatic nitrogens is 1. The predicted octanol–water partition coefficient (Wildman–Crippen LogP) is 6.56. The lowest BCUT2D eigenvalue weighted by Gasteiger charge is -2.09. The normalized spacial score (nSPS) is 11.3. The third-order valence-electron chi connectivity index (χ3n) is 5.35. The van der Waals surface area contributed by atoms with Crippen LogP contribution in [-0.2, 0) is 17.8 Å². The minimum absolute atomic E-state index is 0.0438. The number of ether oxygens (including phenoxy) is 1. The van der Waals surface area contributed by atoms with Gasteiger partial charge in [0.25, 0.3) is 0 Å². The Hall–Kier alpha value is -3.48. The van der Waals surface area contributed by atoms with Gasteiger partial charge >= 0.3 is 5.97 Å². The number of nitrogen functional groups attached to an aromatic ring is 1. The first-order valence-electron chi connectivity index (χ1n) is 9.99. The van der Waals surface area contributed by atoms with Gasteiger partial charge in [-0.15, -0.1) is 11.3 Å². The molecule has 5 nitrogen and oxygen atoms in total. The zero-order valence-electron chi connectivity index (χ0n) is 16.9. The summed E-state index contributed by atoms with van der Waals surface area (Å²) in [6, 6.07) is 18.8. The number of carboxylic acids is 1. The van der Waals surface area contributed by atoms with E-state index < -0.39 is 5.97 Å². The van der Waals surface area contributed by atoms with Crippen molar-refractivity contribution in [2.45, 2.75) is 13.0 Å². The van der Waals surface area contributed by atoms with Gasteiger partial charge in [0, 0.05) is 39.6 Å². The Morgan fingerprint density at radius 3 is 2.56 bits per heavy atom. The van der Waals surface area contributed by atoms with Crippen LogP contribution in [0.3, 0.4) is 0 Å². The average Bonchev–Trinajstić information content (AvgIpc) is 3.30. The lowest BCUT2D eigenvalue weighted by molar-refractivity contribution is -0.136. The molecule has 0 saturated carbocycles. The summed E-state index contributed by atoms with van der Waals surface area (Å²) in [5.41, 5.74) is 9.24. The van der Waals surface area contributed by atoms with Crippen molar-refractivity contribution in [3.05, 3.63) is 88.4 Å². The first kappa shape index (κ1) is 20.4. The minimum Gasteiger partial charge on any atom is -0.481 e. The number of carbonyl (C=O) groups is 1. The summed E-state index contributed by atoms with van der Waals surface area (Å²) in [4.78, 5) is 11.4. The van der Waals surface area contributed by atoms with Crippen LogP contribution in [-0.4, -0.2) is 15.6 Å². The molecule has 0 aliphatic rings. The van der Waals surface area contributed by atoms with E-state index in [9.17, 15) is 9.90 Å². The van der Waals surface area contributed by atoms with Crippen molar-refractivity contribution >= 4 is 55.6 Å². The van der Waals surface area contributed by atoms with E-state index in [4.69, 9.17) is 22.1 Å². The van der Waals surface area contributed by atoms with Crippen LogP contribution in [0.2, 0.25) is 5.02 Å². The van der Waals surface area contributed by atoms with E-state index in [-0.39, 0.29) is 6.42 Å². The van der Waals surface area contributed by atoms with Gasteiger partial charge in [0.1, 0.15) is 11.5 Å². The van der Waals surface area contributed by atoms with Crippen molar-refractivity contribution in [3.8, 4) is 11.5 Å². The highest BCUT2D eigenvalue weighted by Gasteiger charge is 2.15. The highest BCUT2D eigenvalue weighted by Crippen LogP contribution is 2.33. The second kappa shape index (κ2) is 8.22. The van der Waals surface area contributed by atoms with Gasteiger partial charge in [-0.05, 0) is 76.5 Å². The van der Waals surface area contributed by atoms with Crippen LogP contribution >= 0.6 is 22.9 Å². The quantitative estimate of drug-likeness (QED) is 0.280. The smallest absolute Gasteiger partial charge is 0.307 e. The van der Waals surface area contributed by atoms with Crippen LogP contribution in [0, 0.1) is 0 Å². The average molecular weight is 463 g/mol. The lowest BCUT2D eigenvalue weighted by atomic mass is 10.1. The van der Waals surface area contributed by atoms with E-state index in [1.165, 1.54) is 4.70 Å². The number of anilines is 1. The topological polar surface area (TPSA) is 77.5 Å². The Morgan fingerprint density at radius 1 is 1.00 bits per heavy atom. The highest BCUT2D eigenvalue weighted by molar-refractivity contribution is 7.17. The molecule has 0 spiro atoms. The Bertz CT molecular complexity index is 1450. The van der Waals surface area contributed by atoms with Gasteiger partial charge in [-0.3, -0.25) is 4.79 Å². The van der Waals surface area contributed by atoms with E-state index in [1.54, 1.807) is 23.5 Å². The van der Waals surface area contributed by atoms with Crippen LogP contribution < -0.4 is 10.5 Å². The molecular weight excluding hydrogens is 444 g/mol. The fourth-order valence-electron chi connectivity index (χ4n) is 3.88. The summed E-state index contributed by atoms with van der Waals surface area (Å²) in [7, 11) is 0. The molecule has 0 aliphatic carbocycles. The van der Waals surface area contributed by atoms with E-state index in [2.05, 4.69) is 9.95 Å². The maximum absolute atomic E-state index is 11.4. The van der Waals surface area contributed by atoms with Crippen LogP contribution in [0.5, 0.6) is 11.5 Å². The van der Waals surface area contributed by atoms with E-state index >= 15 is 0 Å². The van der Waals surface area contributed by atoms with Gasteiger partial charge in [0.2, 0.25) is 0 Å². The number of thiophene rings is 1. The molecule has 3 aromatic carbocycles. The molecule has 2 aromatic heterocycles. The Morgan fingerprint density at radius 2 is 1.78 bits per heavy atom. The van der Waals surface area contributed by atoms with Gasteiger partial charge < -0.3 is 20.1 Å². The molecule has 0 aliphatic heterocycles. The number of nitrogens with two attached hydrogens (primary N) is 1. The van der Waals surface area contributed by atoms with Crippen molar-refractivity contribution in [2.24, 2.45) is 0 Å². The summed E-state index contributed by atoms with van der Waals surface area (Å²) >= 11 is 7.89. The van der Waals surface area contributed by atoms with E-state index in [0.717, 1.165) is 27.4 Å². The predicted molar refractivity (Wildman–Crippen MR) is 130 cm³/mol. The first-order valence-corrected chi connectivity index (χ1v) is 11.2. The number of hydrogen-bond acceptors (Lipinski definition) is 4. The molecule has 0 saturated heterocycles. The number of rotatable bonds is 6. The molecule has 0 amide bonds. The fourth-order valence-corrected chi connectivity index (χ4v) is 4.98. The Balaban J connectivity index is 1.57. The summed E-state index contributed by atoms with van der Waals surface area (Å²) in [5.74, 6) is 0.488. The first-order chi connectivity index (χ1) is 15.5. The van der Waals surface area contributed by atoms with Crippen LogP contribution in [0.15, 0.2) is 72.2 Å². The molecule has 32 heavy (non-hydrogen) atoms. The number of fused-ring (bicyclic) bond motifs is 2. The van der Waals surface area contributed by atoms with Crippen LogP contribution in [0.1, 0.15) is 11.1 Å². The standard InChI is InChI=1S/C25H19ClN2O3S/c26-17-1-8-24-22(10-17)16(14-32-24)13-28-12-15(9-25(29)30)21-7-6-20(11-23(21)28)31-19-4-2-18(27)3-5-19/h1-8,10-12,14H,9,13,27H2,(H,29,30). The Labute approximate surface area is 193 Å². The highest BCUT2D eigenvalue weighted by atomic mass is 35.5. The van der Waals surface area contributed by atoms with Crippen LogP contribution in [0.25, 0.3) is 21.0 Å². The molecule has 7 heteroatoms. The number of benzene rings is 3. The third-order valence-corrected chi connectivity index (χ3v) is 6.60. The maximum Gasteiger partial charge on any atom is 0.307 e. The minimum atomic E-state index is -0.862. The van der Waals surface area contributed by atoms with Gasteiger partial charge in [-0.1, -0.05) is 11.6 Å². The molecule has 3 N–H and O–H groups in total. The molecule has 5 rings (SSSR count). The molecule has 2 heterocycles. The summed E-state index contributed by atoms with van der Waals surface area (Å²) in [5, 5.41) is 14.2. The van der Waals surface area contributed by atoms with Crippen molar-refractivity contribution in [1.29, 1.82) is 0 Å². The fraction of sp³-hybridized carbons (Fsp3) is 0.0800. The summed E-state index contributed by atoms with van der Waals surface area (Å²) in [6.45, 7) is 0.599. The van der Waals surface area contributed by atoms with Crippen molar-refractivity contribution in [1.82, 2.24) is 4.57 Å². The molecule has 0 unspecified atom stereocenters. The second-order valence-corrected chi connectivity index (χ2v) is 8.95. The molecule has 0 fully saturated rings. The summed E-state index contributed by atoms with van der Waals surface area (Å²) in [6.07, 6.45) is 1.87. The van der Waals surface area contributed by atoms with Crippen molar-refractivity contribution < 1.29 is 14.6 Å². The molecule has 0 bridgehead atoms. The SMILES string of the molecule is Nc1ccc(Oc2ccc3c(CC(=O)O)cn(Cc4csc5ccc(Cl)cc45)c3c2)cc1. The van der Waals surface area contributed by atoms with Crippen molar-refractivity contribution in [3.63, 3.8) is 0 Å². The molecule has 0 atom stereocenters. The van der Waals surface area contributed by atoms with E-state index in [1.807, 2.05) is 54.7 Å². The zero-order chi connectivity index (χ0) is 22.2. The van der Waals surface area contributed by atoms with Gasteiger partial charge in [-0.25, -0.2) is 0 Å². The molecule has 0 radical (unpaired) electrons. The largest absolute Gasteiger partial charge is 0.481 e. The van der Waals surface area contributed by atoms with Gasteiger partial charge in [0.05, 0.1) is 11.9 Å². The summed E-state index contributed by atoms with van der Waals surface area (Å²) < 4.78 is 9.25. The van der Waals surface area contributed by atoms with Crippen LogP contribution in [0.4, 0.5) is 5.69 Å². The molecule has 160 valence electrons. The molecular formula is C25H19ClN2O3S. The third kappa shape index (κ3) is 4.02. The molecule has 5 aromatic rings.